The maximum absolute atomic E-state index is 14.3. The number of carbonyl (C=O) groups excluding carboxylic acids is 2. The Balaban J connectivity index is 1.99. The molecule has 2 N–H and O–H groups in total. The summed E-state index contributed by atoms with van der Waals surface area (Å²) >= 11 is 16.9. The van der Waals surface area contributed by atoms with Gasteiger partial charge in [-0.3, -0.25) is 4.79 Å². The average Bonchev–Trinajstić information content (AvgIpc) is 3.15. The maximum Gasteiger partial charge on any atom is 0.412 e. The highest BCUT2D eigenvalue weighted by Gasteiger charge is 2.44. The quantitative estimate of drug-likeness (QED) is 0.169. The Labute approximate surface area is 197 Å². The number of rotatable bonds is 5. The molecule has 0 bridgehead atoms. The molecule has 13 heteroatoms. The van der Waals surface area contributed by atoms with Gasteiger partial charge >= 0.3 is 12.1 Å². The van der Waals surface area contributed by atoms with Crippen molar-refractivity contribution in [1.29, 1.82) is 0 Å². The van der Waals surface area contributed by atoms with Gasteiger partial charge < -0.3 is 15.0 Å². The summed E-state index contributed by atoms with van der Waals surface area (Å²) in [7, 11) is 0. The number of nitrogens with one attached hydrogen (secondary N) is 2. The molecule has 2 aromatic carbocycles. The number of amides is 1. The van der Waals surface area contributed by atoms with E-state index in [-0.39, 0.29) is 33.8 Å². The van der Waals surface area contributed by atoms with Crippen LogP contribution in [0.4, 0.5) is 22.0 Å². The number of ether oxygens (including phenoxy) is 1. The van der Waals surface area contributed by atoms with Crippen LogP contribution < -0.4 is 5.32 Å². The van der Waals surface area contributed by atoms with Crippen LogP contribution in [0.2, 0.25) is 15.1 Å². The van der Waals surface area contributed by atoms with E-state index in [0.717, 1.165) is 6.07 Å². The Morgan fingerprint density at radius 2 is 1.73 bits per heavy atom. The molecule has 33 heavy (non-hydrogen) atoms. The molecular weight excluding hydrogens is 518 g/mol. The lowest BCUT2D eigenvalue weighted by molar-refractivity contribution is -0.155. The first-order valence-electron chi connectivity index (χ1n) is 9.05. The Bertz CT molecular complexity index is 1260. The largest absolute Gasteiger partial charge is 0.462 e. The molecule has 176 valence electrons. The van der Waals surface area contributed by atoms with Crippen molar-refractivity contribution in [3.63, 3.8) is 0 Å². The van der Waals surface area contributed by atoms with Crippen LogP contribution in [0.5, 0.6) is 0 Å². The summed E-state index contributed by atoms with van der Waals surface area (Å²) < 4.78 is 73.8. The highest BCUT2D eigenvalue weighted by Crippen LogP contribution is 2.39. The number of fused-ring (bicyclic) bond motifs is 1. The molecule has 1 aromatic heterocycles. The molecule has 0 aliphatic heterocycles. The zero-order valence-corrected chi connectivity index (χ0v) is 18.6. The molecule has 1 atom stereocenters. The lowest BCUT2D eigenvalue weighted by Crippen LogP contribution is -2.39. The van der Waals surface area contributed by atoms with Gasteiger partial charge in [0.05, 0.1) is 22.2 Å². The number of halogens is 8. The Morgan fingerprint density at radius 3 is 2.33 bits per heavy atom. The fraction of sp³-hybridized carbons (Fsp3) is 0.200. The summed E-state index contributed by atoms with van der Waals surface area (Å²) in [5.41, 5.74) is -1.30. The van der Waals surface area contributed by atoms with Gasteiger partial charge in [-0.1, -0.05) is 34.8 Å². The molecule has 0 aliphatic carbocycles. The van der Waals surface area contributed by atoms with Crippen molar-refractivity contribution in [2.45, 2.75) is 19.1 Å². The molecule has 0 saturated carbocycles. The predicted molar refractivity (Wildman–Crippen MR) is 112 cm³/mol. The number of carbonyl (C=O) groups is 2. The third-order valence-corrected chi connectivity index (χ3v) is 5.41. The Hall–Kier alpha value is -2.56. The van der Waals surface area contributed by atoms with E-state index in [2.05, 4.69) is 4.98 Å². The number of aromatic nitrogens is 1. The lowest BCUT2D eigenvalue weighted by atomic mass is 10.0. The van der Waals surface area contributed by atoms with E-state index >= 15 is 0 Å². The second-order valence-corrected chi connectivity index (χ2v) is 7.85. The predicted octanol–water partition coefficient (Wildman–Crippen LogP) is 6.62. The van der Waals surface area contributed by atoms with E-state index < -0.39 is 51.3 Å². The van der Waals surface area contributed by atoms with E-state index in [0.29, 0.717) is 6.07 Å². The second kappa shape index (κ2) is 9.36. The van der Waals surface area contributed by atoms with Gasteiger partial charge in [-0.25, -0.2) is 13.6 Å². The molecule has 0 saturated heterocycles. The van der Waals surface area contributed by atoms with Gasteiger partial charge in [0.25, 0.3) is 5.91 Å². The molecule has 3 rings (SSSR count). The van der Waals surface area contributed by atoms with Crippen molar-refractivity contribution >= 4 is 57.6 Å². The van der Waals surface area contributed by atoms with Gasteiger partial charge in [0.15, 0.2) is 11.9 Å². The van der Waals surface area contributed by atoms with Crippen molar-refractivity contribution in [1.82, 2.24) is 10.3 Å². The first-order chi connectivity index (χ1) is 15.3. The lowest BCUT2D eigenvalue weighted by Gasteiger charge is -2.23. The van der Waals surface area contributed by atoms with Gasteiger partial charge in [-0.05, 0) is 31.2 Å². The first kappa shape index (κ1) is 25.1. The molecule has 0 fully saturated rings. The van der Waals surface area contributed by atoms with Crippen LogP contribution in [0.25, 0.3) is 10.9 Å². The minimum Gasteiger partial charge on any atom is -0.462 e. The molecule has 3 aromatic rings. The number of aromatic amines is 1. The Kier molecular flexibility index (Phi) is 7.11. The Morgan fingerprint density at radius 1 is 1.06 bits per heavy atom. The van der Waals surface area contributed by atoms with Crippen LogP contribution in [0.1, 0.15) is 39.4 Å². The minimum atomic E-state index is -5.19. The van der Waals surface area contributed by atoms with Crippen LogP contribution in [-0.4, -0.2) is 29.6 Å². The molecular formula is C20H12Cl3F5N2O3. The molecule has 0 radical (unpaired) electrons. The van der Waals surface area contributed by atoms with Gasteiger partial charge in [0.1, 0.15) is 16.5 Å². The minimum absolute atomic E-state index is 0.0113. The van der Waals surface area contributed by atoms with Crippen LogP contribution in [0.3, 0.4) is 0 Å². The number of benzene rings is 2. The van der Waals surface area contributed by atoms with Gasteiger partial charge in [-0.2, -0.15) is 13.2 Å². The average molecular weight is 530 g/mol. The highest BCUT2D eigenvalue weighted by atomic mass is 35.5. The molecule has 0 aliphatic rings. The smallest absolute Gasteiger partial charge is 0.412 e. The van der Waals surface area contributed by atoms with Crippen LogP contribution in [0, 0.1) is 11.6 Å². The molecule has 5 nitrogen and oxygen atoms in total. The normalized spacial score (nSPS) is 12.6. The van der Waals surface area contributed by atoms with Gasteiger partial charge in [-0.15, -0.1) is 0 Å². The number of hydrogen-bond acceptors (Lipinski definition) is 3. The van der Waals surface area contributed by atoms with E-state index in [4.69, 9.17) is 39.5 Å². The van der Waals surface area contributed by atoms with Crippen LogP contribution in [0.15, 0.2) is 24.3 Å². The summed E-state index contributed by atoms with van der Waals surface area (Å²) in [4.78, 5) is 27.1. The molecule has 1 unspecified atom stereocenters. The molecule has 0 spiro atoms. The molecule has 1 heterocycles. The number of hydrogen-bond donors (Lipinski definition) is 2. The van der Waals surface area contributed by atoms with Crippen molar-refractivity contribution in [3.05, 3.63) is 67.8 Å². The van der Waals surface area contributed by atoms with Crippen LogP contribution >= 0.6 is 34.8 Å². The molecule has 1 amide bonds. The zero-order chi connectivity index (χ0) is 24.7. The van der Waals surface area contributed by atoms with Crippen molar-refractivity contribution in [2.24, 2.45) is 0 Å². The van der Waals surface area contributed by atoms with Crippen LogP contribution in [-0.2, 0) is 4.74 Å². The van der Waals surface area contributed by atoms with E-state index in [1.165, 1.54) is 12.1 Å². The van der Waals surface area contributed by atoms with Gasteiger partial charge in [0.2, 0.25) is 0 Å². The summed E-state index contributed by atoms with van der Waals surface area (Å²) in [5.74, 6) is -5.16. The summed E-state index contributed by atoms with van der Waals surface area (Å²) in [5, 5.41) is -0.200. The standard InChI is InChI=1S/C20H12Cl3F5N2O3/c1-2-33-19(32)8-3-7-4-13(29-12(7)6-10(8)21)18(31)30-17(20(26,27)28)9-5-11(22)16(25)14(23)15(9)24/h3-6,17,29H,2H2,1H3,(H,30,31). The summed E-state index contributed by atoms with van der Waals surface area (Å²) in [6, 6.07) is 1.25. The van der Waals surface area contributed by atoms with E-state index in [1.807, 2.05) is 0 Å². The maximum atomic E-state index is 14.3. The van der Waals surface area contributed by atoms with Gasteiger partial charge in [0, 0.05) is 16.5 Å². The van der Waals surface area contributed by atoms with E-state index in [1.54, 1.807) is 12.2 Å². The fourth-order valence-corrected chi connectivity index (χ4v) is 3.70. The number of esters is 1. The van der Waals surface area contributed by atoms with E-state index in [9.17, 15) is 31.5 Å². The topological polar surface area (TPSA) is 71.2 Å². The van der Waals surface area contributed by atoms with Crippen molar-refractivity contribution < 1.29 is 36.3 Å². The monoisotopic (exact) mass is 528 g/mol. The number of H-pyrrole nitrogens is 1. The second-order valence-electron chi connectivity index (χ2n) is 6.66. The number of alkyl halides is 3. The third kappa shape index (κ3) is 5.02. The zero-order valence-electron chi connectivity index (χ0n) is 16.3. The SMILES string of the molecule is CCOC(=O)c1cc2cc(C(=O)NC(c3cc(Cl)c(F)c(Cl)c3F)C(F)(F)F)[nH]c2cc1Cl. The first-order valence-corrected chi connectivity index (χ1v) is 10.2. The third-order valence-electron chi connectivity index (χ3n) is 4.49. The summed E-state index contributed by atoms with van der Waals surface area (Å²) in [6.45, 7) is 1.67. The summed E-state index contributed by atoms with van der Waals surface area (Å²) in [6.07, 6.45) is -5.19. The highest BCUT2D eigenvalue weighted by molar-refractivity contribution is 6.35. The van der Waals surface area contributed by atoms with Crippen molar-refractivity contribution in [3.8, 4) is 0 Å². The fourth-order valence-electron chi connectivity index (χ4n) is 2.99. The van der Waals surface area contributed by atoms with Crippen molar-refractivity contribution in [2.75, 3.05) is 6.61 Å².